The number of sulfonamides is 1. The molecule has 1 amide bonds. The number of ether oxygens (including phenoxy) is 1. The van der Waals surface area contributed by atoms with E-state index in [1.54, 1.807) is 30.3 Å². The highest BCUT2D eigenvalue weighted by atomic mass is 35.5. The molecule has 0 fully saturated rings. The van der Waals surface area contributed by atoms with Crippen LogP contribution in [0.5, 0.6) is 5.75 Å². The Kier molecular flexibility index (Phi) is 6.13. The summed E-state index contributed by atoms with van der Waals surface area (Å²) in [6.07, 6.45) is 0.558. The van der Waals surface area contributed by atoms with E-state index in [0.29, 0.717) is 34.0 Å². The van der Waals surface area contributed by atoms with Crippen LogP contribution in [0.1, 0.15) is 30.3 Å². The lowest BCUT2D eigenvalue weighted by Crippen LogP contribution is -2.14. The van der Waals surface area contributed by atoms with Crippen molar-refractivity contribution in [1.29, 1.82) is 0 Å². The number of benzene rings is 2. The number of halogens is 1. The molecule has 3 aromatic rings. The zero-order valence-corrected chi connectivity index (χ0v) is 19.5. The third-order valence-corrected chi connectivity index (χ3v) is 6.85. The highest BCUT2D eigenvalue weighted by Crippen LogP contribution is 2.37. The van der Waals surface area contributed by atoms with Crippen LogP contribution in [0.15, 0.2) is 47.4 Å². The summed E-state index contributed by atoms with van der Waals surface area (Å²) >= 11 is 5.89. The number of amides is 1. The van der Waals surface area contributed by atoms with E-state index in [4.69, 9.17) is 16.3 Å². The predicted molar refractivity (Wildman–Crippen MR) is 124 cm³/mol. The lowest BCUT2D eigenvalue weighted by Gasteiger charge is -2.14. The quantitative estimate of drug-likeness (QED) is 0.542. The first-order valence-electron chi connectivity index (χ1n) is 10.1. The molecular formula is C22H21ClN4O5S. The number of carbonyl (C=O) groups is 2. The Morgan fingerprint density at radius 2 is 1.88 bits per heavy atom. The van der Waals surface area contributed by atoms with Crippen LogP contribution in [0.2, 0.25) is 5.02 Å². The fourth-order valence-corrected chi connectivity index (χ4v) is 4.98. The minimum absolute atomic E-state index is 0.0381. The van der Waals surface area contributed by atoms with Gasteiger partial charge in [-0.15, -0.1) is 0 Å². The summed E-state index contributed by atoms with van der Waals surface area (Å²) in [6.45, 7) is 1.86. The number of nitrogens with one attached hydrogen (secondary N) is 2. The van der Waals surface area contributed by atoms with Crippen LogP contribution < -0.4 is 14.8 Å². The van der Waals surface area contributed by atoms with Gasteiger partial charge in [-0.25, -0.2) is 8.42 Å². The molecule has 4 rings (SSSR count). The molecule has 1 aromatic heterocycles. The molecule has 0 saturated carbocycles. The van der Waals surface area contributed by atoms with Crippen molar-refractivity contribution in [1.82, 2.24) is 9.78 Å². The molecule has 2 N–H and O–H groups in total. The summed E-state index contributed by atoms with van der Waals surface area (Å²) in [6, 6.07) is 10.9. The molecule has 1 aliphatic heterocycles. The van der Waals surface area contributed by atoms with E-state index in [1.807, 2.05) is 6.92 Å². The summed E-state index contributed by atoms with van der Waals surface area (Å²) in [5.41, 5.74) is 1.85. The Balaban J connectivity index is 1.85. The van der Waals surface area contributed by atoms with Gasteiger partial charge in [-0.2, -0.15) is 9.78 Å². The van der Waals surface area contributed by atoms with Crippen molar-refractivity contribution in [2.75, 3.05) is 17.1 Å². The van der Waals surface area contributed by atoms with E-state index in [1.165, 1.54) is 23.9 Å². The Hall–Kier alpha value is -3.37. The highest BCUT2D eigenvalue weighted by Gasteiger charge is 2.28. The predicted octanol–water partition coefficient (Wildman–Crippen LogP) is 3.95. The number of hydrogen-bond acceptors (Lipinski definition) is 6. The highest BCUT2D eigenvalue weighted by molar-refractivity contribution is 7.92. The van der Waals surface area contributed by atoms with Crippen LogP contribution in [0, 0.1) is 0 Å². The third-order valence-electron chi connectivity index (χ3n) is 5.19. The molecule has 172 valence electrons. The zero-order chi connectivity index (χ0) is 23.8. The van der Waals surface area contributed by atoms with Gasteiger partial charge >= 0.3 is 0 Å². The monoisotopic (exact) mass is 488 g/mol. The topological polar surface area (TPSA) is 119 Å². The Bertz CT molecular complexity index is 1350. The molecule has 0 atom stereocenters. The summed E-state index contributed by atoms with van der Waals surface area (Å²) in [5, 5.41) is 7.59. The van der Waals surface area contributed by atoms with Gasteiger partial charge in [-0.1, -0.05) is 24.6 Å². The van der Waals surface area contributed by atoms with Gasteiger partial charge in [0, 0.05) is 29.1 Å². The van der Waals surface area contributed by atoms with Crippen LogP contribution >= 0.6 is 11.6 Å². The smallest absolute Gasteiger partial charge is 0.265 e. The molecule has 11 heteroatoms. The molecule has 0 unspecified atom stereocenters. The zero-order valence-electron chi connectivity index (χ0n) is 17.9. The Morgan fingerprint density at radius 1 is 1.15 bits per heavy atom. The molecule has 0 saturated heterocycles. The fraction of sp³-hybridized carbons (Fsp3) is 0.227. The SMILES string of the molecule is CCc1nn2c(c1-c1ccc(OC)c(S(=O)(=O)Nc3ccc(Cl)cc3)c1)NC(=O)CCC2=O. The average molecular weight is 489 g/mol. The third kappa shape index (κ3) is 4.44. The van der Waals surface area contributed by atoms with Gasteiger partial charge in [0.2, 0.25) is 11.8 Å². The fourth-order valence-electron chi connectivity index (χ4n) is 3.60. The van der Waals surface area contributed by atoms with E-state index in [0.717, 1.165) is 0 Å². The maximum atomic E-state index is 13.2. The molecule has 33 heavy (non-hydrogen) atoms. The van der Waals surface area contributed by atoms with Crippen molar-refractivity contribution in [3.63, 3.8) is 0 Å². The van der Waals surface area contributed by atoms with Crippen molar-refractivity contribution in [2.24, 2.45) is 0 Å². The van der Waals surface area contributed by atoms with Crippen LogP contribution in [-0.2, 0) is 21.2 Å². The lowest BCUT2D eigenvalue weighted by molar-refractivity contribution is -0.116. The van der Waals surface area contributed by atoms with E-state index in [-0.39, 0.29) is 41.1 Å². The van der Waals surface area contributed by atoms with Crippen molar-refractivity contribution >= 4 is 44.9 Å². The van der Waals surface area contributed by atoms with E-state index in [9.17, 15) is 18.0 Å². The minimum atomic E-state index is -4.05. The normalized spacial score (nSPS) is 13.8. The minimum Gasteiger partial charge on any atom is -0.495 e. The van der Waals surface area contributed by atoms with Crippen LogP contribution in [0.4, 0.5) is 11.5 Å². The van der Waals surface area contributed by atoms with E-state index in [2.05, 4.69) is 15.1 Å². The molecule has 0 spiro atoms. The second-order valence-corrected chi connectivity index (χ2v) is 9.44. The molecule has 0 aliphatic carbocycles. The number of methoxy groups -OCH3 is 1. The van der Waals surface area contributed by atoms with E-state index < -0.39 is 10.0 Å². The van der Waals surface area contributed by atoms with Gasteiger partial charge in [0.25, 0.3) is 10.0 Å². The second kappa shape index (κ2) is 8.87. The number of aromatic nitrogens is 2. The number of carbonyl (C=O) groups excluding carboxylic acids is 2. The number of rotatable bonds is 6. The second-order valence-electron chi connectivity index (χ2n) is 7.36. The molecule has 0 bridgehead atoms. The summed E-state index contributed by atoms with van der Waals surface area (Å²) in [4.78, 5) is 24.6. The first kappa shape index (κ1) is 22.8. The first-order valence-corrected chi connectivity index (χ1v) is 12.0. The van der Waals surface area contributed by atoms with Gasteiger partial charge in [-0.05, 0) is 48.4 Å². The molecular weight excluding hydrogens is 468 g/mol. The van der Waals surface area contributed by atoms with Crippen molar-refractivity contribution in [3.05, 3.63) is 53.2 Å². The van der Waals surface area contributed by atoms with E-state index >= 15 is 0 Å². The summed E-state index contributed by atoms with van der Waals surface area (Å²) in [5.74, 6) is -0.248. The maximum absolute atomic E-state index is 13.2. The largest absolute Gasteiger partial charge is 0.495 e. The van der Waals surface area contributed by atoms with Crippen LogP contribution in [-0.4, -0.2) is 37.1 Å². The number of hydrogen-bond donors (Lipinski definition) is 2. The standard InChI is InChI=1S/C22H21ClN4O5S/c1-3-16-21(22-24-19(28)10-11-20(29)27(22)25-16)13-4-9-17(32-2)18(12-13)33(30,31)26-15-7-5-14(23)6-8-15/h4-9,12,26H,3,10-11H2,1-2H3,(H,24,28). The molecule has 9 nitrogen and oxygen atoms in total. The van der Waals surface area contributed by atoms with Gasteiger partial charge in [0.15, 0.2) is 0 Å². The molecule has 0 radical (unpaired) electrons. The molecule has 2 heterocycles. The van der Waals surface area contributed by atoms with Gasteiger partial charge in [0.1, 0.15) is 16.5 Å². The Morgan fingerprint density at radius 3 is 2.55 bits per heavy atom. The summed E-state index contributed by atoms with van der Waals surface area (Å²) < 4.78 is 35.4. The average Bonchev–Trinajstić information content (AvgIpc) is 3.09. The lowest BCUT2D eigenvalue weighted by atomic mass is 10.0. The number of anilines is 2. The maximum Gasteiger partial charge on any atom is 0.265 e. The first-order chi connectivity index (χ1) is 15.7. The van der Waals surface area contributed by atoms with Crippen molar-refractivity contribution < 1.29 is 22.7 Å². The van der Waals surface area contributed by atoms with Crippen molar-refractivity contribution in [3.8, 4) is 16.9 Å². The van der Waals surface area contributed by atoms with Crippen LogP contribution in [0.3, 0.4) is 0 Å². The van der Waals surface area contributed by atoms with Crippen molar-refractivity contribution in [2.45, 2.75) is 31.1 Å². The summed E-state index contributed by atoms with van der Waals surface area (Å²) in [7, 11) is -2.68. The van der Waals surface area contributed by atoms with Gasteiger partial charge in [0.05, 0.1) is 12.8 Å². The molecule has 1 aliphatic rings. The van der Waals surface area contributed by atoms with Gasteiger partial charge in [-0.3, -0.25) is 14.3 Å². The Labute approximate surface area is 195 Å². The van der Waals surface area contributed by atoms with Gasteiger partial charge < -0.3 is 10.1 Å². The number of aryl methyl sites for hydroxylation is 1. The molecule has 2 aromatic carbocycles. The van der Waals surface area contributed by atoms with Crippen LogP contribution in [0.25, 0.3) is 11.1 Å². The number of fused-ring (bicyclic) bond motifs is 1. The number of nitrogens with zero attached hydrogens (tertiary/aromatic N) is 2.